The van der Waals surface area contributed by atoms with E-state index >= 15 is 0 Å². The maximum Gasteiger partial charge on any atom is 0.0412 e. The van der Waals surface area contributed by atoms with Crippen molar-refractivity contribution < 1.29 is 0 Å². The lowest BCUT2D eigenvalue weighted by atomic mass is 10.0. The summed E-state index contributed by atoms with van der Waals surface area (Å²) in [6, 6.07) is 17.6. The normalized spacial score (nSPS) is 12.2. The number of hydrogen-bond donors (Lipinski definition) is 1. The Morgan fingerprint density at radius 3 is 2.38 bits per heavy atom. The highest BCUT2D eigenvalue weighted by atomic mass is 15.1. The van der Waals surface area contributed by atoms with Crippen LogP contribution in [0.4, 0.5) is 5.69 Å². The Morgan fingerprint density at radius 1 is 1.05 bits per heavy atom. The summed E-state index contributed by atoms with van der Waals surface area (Å²) >= 11 is 0. The number of nitrogens with zero attached hydrogens (tertiary/aromatic N) is 1. The molecule has 0 aliphatic heterocycles. The Bertz CT molecular complexity index is 563. The minimum absolute atomic E-state index is 0.367. The molecule has 0 radical (unpaired) electrons. The van der Waals surface area contributed by atoms with Crippen molar-refractivity contribution in [2.24, 2.45) is 5.73 Å². The van der Waals surface area contributed by atoms with E-state index < -0.39 is 0 Å². The zero-order valence-corrected chi connectivity index (χ0v) is 13.3. The van der Waals surface area contributed by atoms with Gasteiger partial charge in [0.05, 0.1) is 0 Å². The van der Waals surface area contributed by atoms with E-state index in [1.54, 1.807) is 0 Å². The van der Waals surface area contributed by atoms with E-state index in [-0.39, 0.29) is 0 Å². The molecule has 2 N–H and O–H groups in total. The van der Waals surface area contributed by atoms with Crippen molar-refractivity contribution >= 4 is 5.69 Å². The van der Waals surface area contributed by atoms with Gasteiger partial charge in [-0.2, -0.15) is 0 Å². The van der Waals surface area contributed by atoms with Crippen molar-refractivity contribution in [1.29, 1.82) is 0 Å². The number of hydrogen-bond acceptors (Lipinski definition) is 2. The van der Waals surface area contributed by atoms with E-state index in [0.717, 1.165) is 12.8 Å². The van der Waals surface area contributed by atoms with Crippen molar-refractivity contribution in [1.82, 2.24) is 0 Å². The smallest absolute Gasteiger partial charge is 0.0412 e. The van der Waals surface area contributed by atoms with Gasteiger partial charge in [0.1, 0.15) is 0 Å². The first-order valence-electron chi connectivity index (χ1n) is 7.66. The van der Waals surface area contributed by atoms with Crippen molar-refractivity contribution in [3.8, 4) is 0 Å². The molecule has 0 saturated carbocycles. The van der Waals surface area contributed by atoms with Crippen LogP contribution < -0.4 is 10.6 Å². The lowest BCUT2D eigenvalue weighted by molar-refractivity contribution is 0.588. The van der Waals surface area contributed by atoms with Crippen LogP contribution in [-0.4, -0.2) is 19.6 Å². The van der Waals surface area contributed by atoms with Gasteiger partial charge in [-0.05, 0) is 43.9 Å². The topological polar surface area (TPSA) is 29.3 Å². The maximum atomic E-state index is 6.01. The van der Waals surface area contributed by atoms with Gasteiger partial charge in [0.2, 0.25) is 0 Å². The molecule has 0 heterocycles. The molecule has 112 valence electrons. The zero-order valence-electron chi connectivity index (χ0n) is 13.3. The van der Waals surface area contributed by atoms with Crippen LogP contribution in [0, 0.1) is 13.8 Å². The SMILES string of the molecule is Cc1ccc(N(C)C(CN)CCc2ccccc2)c(C)c1. The summed E-state index contributed by atoms with van der Waals surface area (Å²) in [5, 5.41) is 0. The average molecular weight is 282 g/mol. The molecular weight excluding hydrogens is 256 g/mol. The van der Waals surface area contributed by atoms with Gasteiger partial charge in [-0.1, -0.05) is 48.0 Å². The van der Waals surface area contributed by atoms with Crippen LogP contribution in [0.15, 0.2) is 48.5 Å². The number of benzene rings is 2. The van der Waals surface area contributed by atoms with Crippen LogP contribution in [0.25, 0.3) is 0 Å². The summed E-state index contributed by atoms with van der Waals surface area (Å²) < 4.78 is 0. The molecule has 1 unspecified atom stereocenters. The van der Waals surface area contributed by atoms with E-state index in [1.807, 2.05) is 0 Å². The van der Waals surface area contributed by atoms with E-state index in [2.05, 4.69) is 74.3 Å². The standard InChI is InChI=1S/C19H26N2/c1-15-9-12-19(16(2)13-15)21(3)18(14-20)11-10-17-7-5-4-6-8-17/h4-9,12-13,18H,10-11,14,20H2,1-3H3. The molecular formula is C19H26N2. The van der Waals surface area contributed by atoms with Crippen LogP contribution in [0.1, 0.15) is 23.1 Å². The first-order valence-corrected chi connectivity index (χ1v) is 7.66. The Hall–Kier alpha value is -1.80. The van der Waals surface area contributed by atoms with Gasteiger partial charge in [-0.3, -0.25) is 0 Å². The fraction of sp³-hybridized carbons (Fsp3) is 0.368. The number of rotatable bonds is 6. The Kier molecular flexibility index (Phi) is 5.40. The Morgan fingerprint density at radius 2 is 1.76 bits per heavy atom. The van der Waals surface area contributed by atoms with E-state index in [1.165, 1.54) is 22.4 Å². The predicted octanol–water partition coefficient (Wildman–Crippen LogP) is 3.70. The molecule has 0 saturated heterocycles. The molecule has 1 atom stereocenters. The van der Waals surface area contributed by atoms with Gasteiger partial charge in [0.15, 0.2) is 0 Å². The molecule has 2 rings (SSSR count). The summed E-state index contributed by atoms with van der Waals surface area (Å²) in [4.78, 5) is 2.33. The first-order chi connectivity index (χ1) is 10.1. The molecule has 0 bridgehead atoms. The quantitative estimate of drug-likeness (QED) is 0.875. The molecule has 2 aromatic carbocycles. The van der Waals surface area contributed by atoms with Gasteiger partial charge in [-0.15, -0.1) is 0 Å². The fourth-order valence-electron chi connectivity index (χ4n) is 2.85. The predicted molar refractivity (Wildman–Crippen MR) is 91.9 cm³/mol. The third-order valence-electron chi connectivity index (χ3n) is 4.16. The van der Waals surface area contributed by atoms with Gasteiger partial charge in [-0.25, -0.2) is 0 Å². The molecule has 2 aromatic rings. The van der Waals surface area contributed by atoms with Gasteiger partial charge >= 0.3 is 0 Å². The second-order valence-electron chi connectivity index (χ2n) is 5.81. The number of nitrogens with two attached hydrogens (primary N) is 1. The summed E-state index contributed by atoms with van der Waals surface area (Å²) in [6.07, 6.45) is 2.14. The number of likely N-dealkylation sites (N-methyl/N-ethyl adjacent to an activating group) is 1. The molecule has 0 fully saturated rings. The fourth-order valence-corrected chi connectivity index (χ4v) is 2.85. The molecule has 0 aromatic heterocycles. The van der Waals surface area contributed by atoms with Crippen LogP contribution in [0.5, 0.6) is 0 Å². The molecule has 0 aliphatic carbocycles. The number of anilines is 1. The highest BCUT2D eigenvalue weighted by molar-refractivity contribution is 5.54. The van der Waals surface area contributed by atoms with Gasteiger partial charge in [0.25, 0.3) is 0 Å². The summed E-state index contributed by atoms with van der Waals surface area (Å²) in [5.74, 6) is 0. The number of aryl methyl sites for hydroxylation is 3. The highest BCUT2D eigenvalue weighted by Crippen LogP contribution is 2.23. The highest BCUT2D eigenvalue weighted by Gasteiger charge is 2.15. The van der Waals surface area contributed by atoms with Crippen molar-refractivity contribution in [3.05, 3.63) is 65.2 Å². The second-order valence-corrected chi connectivity index (χ2v) is 5.81. The third-order valence-corrected chi connectivity index (χ3v) is 4.16. The molecule has 0 amide bonds. The second kappa shape index (κ2) is 7.28. The van der Waals surface area contributed by atoms with Crippen LogP contribution in [0.2, 0.25) is 0 Å². The largest absolute Gasteiger partial charge is 0.370 e. The molecule has 0 spiro atoms. The minimum Gasteiger partial charge on any atom is -0.370 e. The summed E-state index contributed by atoms with van der Waals surface area (Å²) in [7, 11) is 2.15. The third kappa shape index (κ3) is 4.08. The van der Waals surface area contributed by atoms with Gasteiger partial charge < -0.3 is 10.6 Å². The lowest BCUT2D eigenvalue weighted by Gasteiger charge is -2.30. The molecule has 21 heavy (non-hydrogen) atoms. The molecule has 2 nitrogen and oxygen atoms in total. The van der Waals surface area contributed by atoms with Crippen molar-refractivity contribution in [2.75, 3.05) is 18.5 Å². The Balaban J connectivity index is 2.06. The first kappa shape index (κ1) is 15.6. The van der Waals surface area contributed by atoms with Crippen LogP contribution in [0.3, 0.4) is 0 Å². The maximum absolute atomic E-state index is 6.01. The van der Waals surface area contributed by atoms with Crippen molar-refractivity contribution in [2.45, 2.75) is 32.7 Å². The summed E-state index contributed by atoms with van der Waals surface area (Å²) in [6.45, 7) is 4.98. The molecule has 0 aliphatic rings. The monoisotopic (exact) mass is 282 g/mol. The zero-order chi connectivity index (χ0) is 15.2. The minimum atomic E-state index is 0.367. The Labute approximate surface area is 128 Å². The summed E-state index contributed by atoms with van der Waals surface area (Å²) in [5.41, 5.74) is 11.3. The van der Waals surface area contributed by atoms with Gasteiger partial charge in [0, 0.05) is 25.3 Å². The van der Waals surface area contributed by atoms with E-state index in [9.17, 15) is 0 Å². The van der Waals surface area contributed by atoms with Crippen LogP contribution >= 0.6 is 0 Å². The van der Waals surface area contributed by atoms with E-state index in [0.29, 0.717) is 12.6 Å². The van der Waals surface area contributed by atoms with E-state index in [4.69, 9.17) is 5.73 Å². The van der Waals surface area contributed by atoms with Crippen LogP contribution in [-0.2, 0) is 6.42 Å². The average Bonchev–Trinajstić information content (AvgIpc) is 2.48. The van der Waals surface area contributed by atoms with Crippen molar-refractivity contribution in [3.63, 3.8) is 0 Å². The molecule has 2 heteroatoms. The lowest BCUT2D eigenvalue weighted by Crippen LogP contribution is -2.38.